The quantitative estimate of drug-likeness (QED) is 0.477. The first-order chi connectivity index (χ1) is 17.6. The summed E-state index contributed by atoms with van der Waals surface area (Å²) in [6, 6.07) is 9.71. The summed E-state index contributed by atoms with van der Waals surface area (Å²) in [5.74, 6) is 0.717. The first-order valence-corrected chi connectivity index (χ1v) is 14.0. The highest BCUT2D eigenvalue weighted by molar-refractivity contribution is 7.12. The van der Waals surface area contributed by atoms with Crippen LogP contribution in [0.3, 0.4) is 0 Å². The molecule has 8 nitrogen and oxygen atoms in total. The molecule has 2 N–H and O–H groups in total. The maximum absolute atomic E-state index is 13.1. The van der Waals surface area contributed by atoms with Crippen LogP contribution in [0.4, 0.5) is 11.6 Å². The average molecular weight is 509 g/mol. The molecule has 9 heteroatoms. The number of aryl methyl sites for hydroxylation is 1. The second-order valence-electron chi connectivity index (χ2n) is 9.87. The Hall–Kier alpha value is -2.75. The Balaban J connectivity index is 1.37. The van der Waals surface area contributed by atoms with E-state index in [2.05, 4.69) is 20.1 Å². The molecule has 3 heterocycles. The number of rotatable bonds is 8. The highest BCUT2D eigenvalue weighted by atomic mass is 32.1. The summed E-state index contributed by atoms with van der Waals surface area (Å²) in [4.78, 5) is 35.7. The van der Waals surface area contributed by atoms with Gasteiger partial charge in [0.2, 0.25) is 11.9 Å². The van der Waals surface area contributed by atoms with Gasteiger partial charge in [0.15, 0.2) is 0 Å². The van der Waals surface area contributed by atoms with Gasteiger partial charge in [0.05, 0.1) is 15.9 Å². The minimum absolute atomic E-state index is 0.114. The summed E-state index contributed by atoms with van der Waals surface area (Å²) in [5, 5.41) is 8.33. The zero-order valence-corrected chi connectivity index (χ0v) is 21.9. The summed E-state index contributed by atoms with van der Waals surface area (Å²) >= 11 is 1.42. The zero-order chi connectivity index (χ0) is 24.9. The number of carbonyl (C=O) groups excluding carboxylic acids is 2. The lowest BCUT2D eigenvalue weighted by atomic mass is 9.88. The van der Waals surface area contributed by atoms with E-state index in [9.17, 15) is 9.59 Å². The smallest absolute Gasteiger partial charge is 0.268 e. The van der Waals surface area contributed by atoms with Gasteiger partial charge in [-0.25, -0.2) is 4.98 Å². The molecule has 1 saturated heterocycles. The maximum atomic E-state index is 13.1. The fraction of sp³-hybridized carbons (Fsp3) is 0.519. The van der Waals surface area contributed by atoms with E-state index in [1.165, 1.54) is 17.8 Å². The van der Waals surface area contributed by atoms with Crippen molar-refractivity contribution in [3.8, 4) is 0 Å². The van der Waals surface area contributed by atoms with Crippen LogP contribution in [0.2, 0.25) is 0 Å². The van der Waals surface area contributed by atoms with Gasteiger partial charge < -0.3 is 19.7 Å². The summed E-state index contributed by atoms with van der Waals surface area (Å²) in [7, 11) is 1.86. The number of aromatic nitrogens is 2. The Kier molecular flexibility index (Phi) is 7.99. The van der Waals surface area contributed by atoms with E-state index in [4.69, 9.17) is 4.98 Å². The minimum atomic E-state index is -0.145. The first-order valence-electron chi connectivity index (χ1n) is 13.2. The van der Waals surface area contributed by atoms with Crippen LogP contribution in [-0.4, -0.2) is 66.0 Å². The second-order valence-corrected chi connectivity index (χ2v) is 10.8. The first kappa shape index (κ1) is 24.9. The predicted molar refractivity (Wildman–Crippen MR) is 146 cm³/mol. The molecule has 36 heavy (non-hydrogen) atoms. The molecule has 0 bridgehead atoms. The molecule has 2 aliphatic rings. The number of nitrogens with zero attached hydrogens (tertiary/aromatic N) is 4. The molecular weight excluding hydrogens is 472 g/mol. The molecule has 0 spiro atoms. The largest absolute Gasteiger partial charge is 0.315 e. The third-order valence-electron chi connectivity index (χ3n) is 7.44. The lowest BCUT2D eigenvalue weighted by Gasteiger charge is -2.27. The van der Waals surface area contributed by atoms with Crippen molar-refractivity contribution in [3.05, 3.63) is 40.6 Å². The van der Waals surface area contributed by atoms with Gasteiger partial charge in [0, 0.05) is 51.4 Å². The fourth-order valence-corrected chi connectivity index (χ4v) is 5.98. The molecule has 1 aliphatic carbocycles. The second kappa shape index (κ2) is 11.5. The van der Waals surface area contributed by atoms with Crippen molar-refractivity contribution < 1.29 is 9.59 Å². The van der Waals surface area contributed by atoms with Gasteiger partial charge in [-0.1, -0.05) is 25.3 Å². The molecule has 2 fully saturated rings. The standard InChI is InChI=1S/C27H36N6O2S/c1-31(26(35)20-7-3-2-4-8-20)21-10-11-23-22(19-21)29-27(30-25(34)24-9-5-18-36-24)33(23)15-6-14-32-16-12-28-13-17-32/h5,9-11,18-20,28H,2-4,6-8,12-17H2,1H3,(H,29,30,34). The Morgan fingerprint density at radius 1 is 1.14 bits per heavy atom. The van der Waals surface area contributed by atoms with E-state index in [1.54, 1.807) is 4.90 Å². The number of benzene rings is 1. The Morgan fingerprint density at radius 2 is 1.94 bits per heavy atom. The van der Waals surface area contributed by atoms with Gasteiger partial charge >= 0.3 is 0 Å². The third kappa shape index (κ3) is 5.63. The van der Waals surface area contributed by atoms with Gasteiger partial charge in [-0.2, -0.15) is 0 Å². The Morgan fingerprint density at radius 3 is 2.69 bits per heavy atom. The van der Waals surface area contributed by atoms with Crippen LogP contribution in [-0.2, 0) is 11.3 Å². The highest BCUT2D eigenvalue weighted by Gasteiger charge is 2.25. The molecule has 1 aromatic carbocycles. The number of piperazine rings is 1. The number of anilines is 2. The molecule has 2 aromatic heterocycles. The summed E-state index contributed by atoms with van der Waals surface area (Å²) < 4.78 is 2.11. The SMILES string of the molecule is CN(C(=O)C1CCCCC1)c1ccc2c(c1)nc(NC(=O)c1cccs1)n2CCCN1CCNCC1. The van der Waals surface area contributed by atoms with Gasteiger partial charge in [-0.05, 0) is 55.5 Å². The molecule has 0 atom stereocenters. The van der Waals surface area contributed by atoms with Crippen molar-refractivity contribution in [2.24, 2.45) is 5.92 Å². The number of nitrogens with one attached hydrogen (secondary N) is 2. The molecule has 3 aromatic rings. The number of hydrogen-bond acceptors (Lipinski definition) is 6. The van der Waals surface area contributed by atoms with Crippen LogP contribution < -0.4 is 15.5 Å². The van der Waals surface area contributed by atoms with Crippen molar-refractivity contribution in [1.29, 1.82) is 0 Å². The van der Waals surface area contributed by atoms with E-state index in [-0.39, 0.29) is 17.7 Å². The van der Waals surface area contributed by atoms with Gasteiger partial charge in [0.25, 0.3) is 5.91 Å². The molecule has 192 valence electrons. The van der Waals surface area contributed by atoms with Crippen molar-refractivity contribution in [2.75, 3.05) is 50.0 Å². The lowest BCUT2D eigenvalue weighted by molar-refractivity contribution is -0.123. The van der Waals surface area contributed by atoms with Crippen LogP contribution in [0, 0.1) is 5.92 Å². The molecular formula is C27H36N6O2S. The Labute approximate surface area is 216 Å². The van der Waals surface area contributed by atoms with E-state index in [0.717, 1.165) is 88.1 Å². The van der Waals surface area contributed by atoms with Crippen LogP contribution in [0.15, 0.2) is 35.7 Å². The average Bonchev–Trinajstić information content (AvgIpc) is 3.57. The van der Waals surface area contributed by atoms with Crippen molar-refractivity contribution in [1.82, 2.24) is 19.8 Å². The minimum Gasteiger partial charge on any atom is -0.315 e. The topological polar surface area (TPSA) is 82.5 Å². The highest BCUT2D eigenvalue weighted by Crippen LogP contribution is 2.30. The summed E-state index contributed by atoms with van der Waals surface area (Å²) in [6.07, 6.45) is 6.42. The molecule has 5 rings (SSSR count). The number of carbonyl (C=O) groups is 2. The van der Waals surface area contributed by atoms with Gasteiger partial charge in [-0.3, -0.25) is 14.9 Å². The van der Waals surface area contributed by atoms with Gasteiger partial charge in [-0.15, -0.1) is 11.3 Å². The summed E-state index contributed by atoms with van der Waals surface area (Å²) in [5.41, 5.74) is 2.61. The monoisotopic (exact) mass is 508 g/mol. The molecule has 0 unspecified atom stereocenters. The van der Waals surface area contributed by atoms with E-state index in [1.807, 2.05) is 42.8 Å². The van der Waals surface area contributed by atoms with E-state index < -0.39 is 0 Å². The van der Waals surface area contributed by atoms with Crippen molar-refractivity contribution in [2.45, 2.75) is 45.1 Å². The van der Waals surface area contributed by atoms with Crippen molar-refractivity contribution >= 4 is 45.8 Å². The fourth-order valence-electron chi connectivity index (χ4n) is 5.36. The third-order valence-corrected chi connectivity index (χ3v) is 8.31. The molecule has 0 radical (unpaired) electrons. The number of imidazole rings is 1. The Bertz CT molecular complexity index is 1180. The maximum Gasteiger partial charge on any atom is 0.268 e. The zero-order valence-electron chi connectivity index (χ0n) is 21.0. The van der Waals surface area contributed by atoms with Crippen LogP contribution in [0.1, 0.15) is 48.2 Å². The molecule has 2 amide bonds. The van der Waals surface area contributed by atoms with Gasteiger partial charge in [0.1, 0.15) is 0 Å². The number of hydrogen-bond donors (Lipinski definition) is 2. The number of fused-ring (bicyclic) bond motifs is 1. The van der Waals surface area contributed by atoms with Crippen LogP contribution in [0.25, 0.3) is 11.0 Å². The normalized spacial score (nSPS) is 17.4. The summed E-state index contributed by atoms with van der Waals surface area (Å²) in [6.45, 7) is 5.97. The van der Waals surface area contributed by atoms with Crippen LogP contribution >= 0.6 is 11.3 Å². The van der Waals surface area contributed by atoms with E-state index >= 15 is 0 Å². The number of amides is 2. The lowest BCUT2D eigenvalue weighted by Crippen LogP contribution is -2.43. The van der Waals surface area contributed by atoms with E-state index in [0.29, 0.717) is 10.8 Å². The molecule has 1 saturated carbocycles. The predicted octanol–water partition coefficient (Wildman–Crippen LogP) is 4.19. The van der Waals surface area contributed by atoms with Crippen molar-refractivity contribution in [3.63, 3.8) is 0 Å². The number of thiophene rings is 1. The molecule has 1 aliphatic heterocycles. The van der Waals surface area contributed by atoms with Crippen LogP contribution in [0.5, 0.6) is 0 Å².